The third-order valence-corrected chi connectivity index (χ3v) is 11.3. The Morgan fingerprint density at radius 2 is 1.80 bits per heavy atom. The summed E-state index contributed by atoms with van der Waals surface area (Å²) in [5.41, 5.74) is 4.70. The van der Waals surface area contributed by atoms with Gasteiger partial charge in [-0.05, 0) is 103 Å². The standard InChI is InChI=1S/C36H47NO3/c1-3-19-38-21-22-39-20-18-37-31-11-10-29-24-30-14-15-34(2)32(28-9-8-26-6-4-5-7-27(26)23-28)12-13-33(34)36(30)17-16-35(29,25-31)40-36/h4-9,14,23-24,31-33,37H,3,10-13,15-22,25H2,1-2H3/t31-,32+,33+,34+,35?,36+/m0/s1. The van der Waals surface area contributed by atoms with Crippen molar-refractivity contribution in [3.8, 4) is 0 Å². The molecule has 0 amide bonds. The van der Waals surface area contributed by atoms with Crippen molar-refractivity contribution in [1.29, 1.82) is 0 Å². The molecule has 1 N–H and O–H groups in total. The molecule has 2 aromatic carbocycles. The minimum atomic E-state index is -0.0917. The summed E-state index contributed by atoms with van der Waals surface area (Å²) >= 11 is 0. The molecule has 2 aromatic rings. The molecule has 1 saturated heterocycles. The molecule has 2 heterocycles. The fourth-order valence-corrected chi connectivity index (χ4v) is 9.36. The lowest BCUT2D eigenvalue weighted by Crippen LogP contribution is -2.55. The number of benzene rings is 2. The first-order chi connectivity index (χ1) is 19.6. The molecule has 2 aliphatic heterocycles. The normalized spacial score (nSPS) is 36.1. The average Bonchev–Trinajstić information content (AvgIpc) is 3.49. The van der Waals surface area contributed by atoms with Crippen LogP contribution in [0.4, 0.5) is 0 Å². The molecule has 4 nitrogen and oxygen atoms in total. The van der Waals surface area contributed by atoms with Gasteiger partial charge in [-0.2, -0.15) is 0 Å². The van der Waals surface area contributed by atoms with Crippen LogP contribution in [0, 0.1) is 11.3 Å². The molecule has 1 unspecified atom stereocenters. The molecular formula is C36H47NO3. The van der Waals surface area contributed by atoms with Gasteiger partial charge in [0, 0.05) is 19.2 Å². The first kappa shape index (κ1) is 26.9. The van der Waals surface area contributed by atoms with Crippen LogP contribution in [0.5, 0.6) is 0 Å². The predicted molar refractivity (Wildman–Crippen MR) is 162 cm³/mol. The zero-order chi connectivity index (χ0) is 27.2. The summed E-state index contributed by atoms with van der Waals surface area (Å²) in [5.74, 6) is 1.18. The van der Waals surface area contributed by atoms with E-state index in [2.05, 4.69) is 73.8 Å². The molecule has 2 bridgehead atoms. The van der Waals surface area contributed by atoms with Crippen molar-refractivity contribution in [2.75, 3.05) is 33.0 Å². The van der Waals surface area contributed by atoms with Gasteiger partial charge in [0.15, 0.2) is 0 Å². The summed E-state index contributed by atoms with van der Waals surface area (Å²) in [4.78, 5) is 0. The minimum Gasteiger partial charge on any atom is -0.379 e. The van der Waals surface area contributed by atoms with Gasteiger partial charge in [0.2, 0.25) is 0 Å². The van der Waals surface area contributed by atoms with Crippen LogP contribution >= 0.6 is 0 Å². The Balaban J connectivity index is 1.05. The molecule has 2 spiro atoms. The maximum atomic E-state index is 7.50. The quantitative estimate of drug-likeness (QED) is 0.317. The Labute approximate surface area is 240 Å². The number of ether oxygens (including phenoxy) is 3. The van der Waals surface area contributed by atoms with E-state index < -0.39 is 0 Å². The topological polar surface area (TPSA) is 39.7 Å². The van der Waals surface area contributed by atoms with E-state index in [1.54, 1.807) is 5.57 Å². The number of allylic oxidation sites excluding steroid dienone is 1. The van der Waals surface area contributed by atoms with E-state index in [0.29, 0.717) is 31.1 Å². The van der Waals surface area contributed by atoms with Crippen LogP contribution in [-0.4, -0.2) is 50.2 Å². The summed E-state index contributed by atoms with van der Waals surface area (Å²) in [6.45, 7) is 8.57. The minimum absolute atomic E-state index is 0.0681. The van der Waals surface area contributed by atoms with Crippen molar-refractivity contribution < 1.29 is 14.2 Å². The molecule has 0 radical (unpaired) electrons. The van der Waals surface area contributed by atoms with E-state index in [4.69, 9.17) is 14.2 Å². The van der Waals surface area contributed by atoms with Gasteiger partial charge < -0.3 is 19.5 Å². The molecule has 5 aliphatic rings. The van der Waals surface area contributed by atoms with E-state index in [1.807, 2.05) is 0 Å². The van der Waals surface area contributed by atoms with Crippen molar-refractivity contribution >= 4 is 10.8 Å². The first-order valence-corrected chi connectivity index (χ1v) is 16.1. The summed E-state index contributed by atoms with van der Waals surface area (Å²) in [7, 11) is 0. The maximum absolute atomic E-state index is 7.50. The number of hydrogen-bond donors (Lipinski definition) is 1. The molecule has 40 heavy (non-hydrogen) atoms. The predicted octanol–water partition coefficient (Wildman–Crippen LogP) is 7.48. The van der Waals surface area contributed by atoms with Gasteiger partial charge in [-0.15, -0.1) is 0 Å². The zero-order valence-corrected chi connectivity index (χ0v) is 24.6. The smallest absolute Gasteiger partial charge is 0.0974 e. The van der Waals surface area contributed by atoms with E-state index in [9.17, 15) is 0 Å². The van der Waals surface area contributed by atoms with Crippen LogP contribution < -0.4 is 5.32 Å². The molecule has 2 saturated carbocycles. The molecule has 3 aliphatic carbocycles. The number of hydrogen-bond acceptors (Lipinski definition) is 4. The zero-order valence-electron chi connectivity index (χ0n) is 24.6. The van der Waals surface area contributed by atoms with E-state index in [-0.39, 0.29) is 16.6 Å². The van der Waals surface area contributed by atoms with Crippen LogP contribution in [0.25, 0.3) is 10.8 Å². The molecule has 214 valence electrons. The maximum Gasteiger partial charge on any atom is 0.0974 e. The largest absolute Gasteiger partial charge is 0.379 e. The van der Waals surface area contributed by atoms with Crippen LogP contribution in [0.1, 0.15) is 83.1 Å². The van der Waals surface area contributed by atoms with Crippen molar-refractivity contribution in [1.82, 2.24) is 5.32 Å². The second-order valence-corrected chi connectivity index (χ2v) is 13.4. The highest BCUT2D eigenvalue weighted by Gasteiger charge is 2.66. The molecule has 7 rings (SSSR count). The SMILES string of the molecule is CCCOCCOCCN[C@H]1CCC2=CC3=CC[C@]4(C)[C@@H](c5ccc6ccccc6c5)CC[C@H]4[C@@]34CCC2(C1)O4. The molecule has 4 heteroatoms. The van der Waals surface area contributed by atoms with Gasteiger partial charge in [0.25, 0.3) is 0 Å². The number of fused-ring (bicyclic) bond motifs is 2. The van der Waals surface area contributed by atoms with Crippen molar-refractivity contribution in [3.63, 3.8) is 0 Å². The first-order valence-electron chi connectivity index (χ1n) is 16.1. The van der Waals surface area contributed by atoms with Gasteiger partial charge in [-0.3, -0.25) is 0 Å². The van der Waals surface area contributed by atoms with Crippen molar-refractivity contribution in [2.24, 2.45) is 11.3 Å². The van der Waals surface area contributed by atoms with Gasteiger partial charge >= 0.3 is 0 Å². The summed E-state index contributed by atoms with van der Waals surface area (Å²) < 4.78 is 18.8. The van der Waals surface area contributed by atoms with Gasteiger partial charge in [-0.1, -0.05) is 68.5 Å². The Morgan fingerprint density at radius 1 is 0.950 bits per heavy atom. The van der Waals surface area contributed by atoms with Gasteiger partial charge in [0.05, 0.1) is 31.0 Å². The van der Waals surface area contributed by atoms with E-state index in [1.165, 1.54) is 60.4 Å². The molecular weight excluding hydrogens is 494 g/mol. The second-order valence-electron chi connectivity index (χ2n) is 13.4. The fraction of sp³-hybridized carbons (Fsp3) is 0.611. The summed E-state index contributed by atoms with van der Waals surface area (Å²) in [5, 5.41) is 6.53. The average molecular weight is 542 g/mol. The lowest BCUT2D eigenvalue weighted by Gasteiger charge is -2.54. The van der Waals surface area contributed by atoms with Crippen LogP contribution in [0.15, 0.2) is 65.8 Å². The van der Waals surface area contributed by atoms with Gasteiger partial charge in [-0.25, -0.2) is 0 Å². The second kappa shape index (κ2) is 10.7. The number of rotatable bonds is 10. The van der Waals surface area contributed by atoms with Crippen LogP contribution in [0.2, 0.25) is 0 Å². The highest BCUT2D eigenvalue weighted by atomic mass is 16.5. The Bertz CT molecular complexity index is 1300. The molecule has 6 atom stereocenters. The Morgan fingerprint density at radius 3 is 2.67 bits per heavy atom. The van der Waals surface area contributed by atoms with E-state index in [0.717, 1.165) is 39.0 Å². The third kappa shape index (κ3) is 4.42. The number of nitrogens with one attached hydrogen (secondary N) is 1. The highest BCUT2D eigenvalue weighted by molar-refractivity contribution is 5.83. The van der Waals surface area contributed by atoms with Crippen molar-refractivity contribution in [2.45, 2.75) is 94.8 Å². The van der Waals surface area contributed by atoms with E-state index >= 15 is 0 Å². The highest BCUT2D eigenvalue weighted by Crippen LogP contribution is 2.69. The summed E-state index contributed by atoms with van der Waals surface area (Å²) in [6.07, 6.45) is 15.8. The van der Waals surface area contributed by atoms with Crippen LogP contribution in [-0.2, 0) is 14.2 Å². The monoisotopic (exact) mass is 541 g/mol. The Kier molecular flexibility index (Phi) is 7.19. The lowest BCUT2D eigenvalue weighted by molar-refractivity contribution is -0.136. The molecule has 0 aromatic heterocycles. The lowest BCUT2D eigenvalue weighted by atomic mass is 9.58. The van der Waals surface area contributed by atoms with Crippen LogP contribution in [0.3, 0.4) is 0 Å². The van der Waals surface area contributed by atoms with Gasteiger partial charge in [0.1, 0.15) is 0 Å². The third-order valence-electron chi connectivity index (χ3n) is 11.3. The van der Waals surface area contributed by atoms with Crippen molar-refractivity contribution in [3.05, 3.63) is 71.3 Å². The molecule has 3 fully saturated rings. The fourth-order valence-electron chi connectivity index (χ4n) is 9.36. The Hall–Kier alpha value is -1.98. The summed E-state index contributed by atoms with van der Waals surface area (Å²) in [6, 6.07) is 16.5.